The Hall–Kier alpha value is -3.89. The molecular formula is C24H26F2N6O3. The molecule has 1 unspecified atom stereocenters. The number of aromatic nitrogens is 2. The number of hydrogen-bond donors (Lipinski definition) is 2. The quantitative estimate of drug-likeness (QED) is 0.613. The van der Waals surface area contributed by atoms with Crippen molar-refractivity contribution in [1.82, 2.24) is 14.9 Å². The molecule has 11 heteroatoms. The van der Waals surface area contributed by atoms with Crippen LogP contribution in [0.1, 0.15) is 37.8 Å². The molecule has 2 aromatic heterocycles. The van der Waals surface area contributed by atoms with Crippen LogP contribution in [0.2, 0.25) is 0 Å². The number of rotatable bonds is 5. The number of nitrogens with one attached hydrogen (secondary N) is 1. The van der Waals surface area contributed by atoms with E-state index >= 15 is 0 Å². The summed E-state index contributed by atoms with van der Waals surface area (Å²) < 4.78 is 35.0. The zero-order chi connectivity index (χ0) is 25.1. The van der Waals surface area contributed by atoms with E-state index in [4.69, 9.17) is 10.5 Å². The highest BCUT2D eigenvalue weighted by molar-refractivity contribution is 6.08. The van der Waals surface area contributed by atoms with E-state index in [2.05, 4.69) is 20.3 Å². The number of alkyl halides is 2. The Morgan fingerprint density at radius 3 is 2.69 bits per heavy atom. The molecule has 1 saturated carbocycles. The smallest absolute Gasteiger partial charge is 0.329 e. The van der Waals surface area contributed by atoms with Crippen molar-refractivity contribution in [3.05, 3.63) is 48.6 Å². The van der Waals surface area contributed by atoms with Gasteiger partial charge in [0, 0.05) is 50.3 Å². The van der Waals surface area contributed by atoms with Crippen LogP contribution in [-0.2, 0) is 4.79 Å². The van der Waals surface area contributed by atoms with Gasteiger partial charge in [-0.3, -0.25) is 25.0 Å². The molecule has 1 atom stereocenters. The molecule has 4 rings (SSSR count). The largest absolute Gasteiger partial charge is 0.456 e. The molecule has 1 spiro atoms. The first-order valence-corrected chi connectivity index (χ1v) is 11.2. The van der Waals surface area contributed by atoms with Gasteiger partial charge in [-0.25, -0.2) is 18.6 Å². The third kappa shape index (κ3) is 4.71. The molecule has 2 aliphatic rings. The number of hydrogen-bond acceptors (Lipinski definition) is 7. The van der Waals surface area contributed by atoms with Crippen LogP contribution >= 0.6 is 0 Å². The van der Waals surface area contributed by atoms with E-state index in [0.29, 0.717) is 35.6 Å². The van der Waals surface area contributed by atoms with E-state index in [9.17, 15) is 18.4 Å². The number of amides is 3. The van der Waals surface area contributed by atoms with Crippen LogP contribution in [0.3, 0.4) is 0 Å². The monoisotopic (exact) mass is 484 g/mol. The first kappa shape index (κ1) is 24.2. The molecule has 3 heterocycles. The maximum atomic E-state index is 14.6. The Bertz CT molecular complexity index is 1170. The van der Waals surface area contributed by atoms with E-state index in [1.165, 1.54) is 18.5 Å². The number of imide groups is 1. The van der Waals surface area contributed by atoms with Gasteiger partial charge in [0.15, 0.2) is 0 Å². The maximum Gasteiger partial charge on any atom is 0.329 e. The fourth-order valence-electron chi connectivity index (χ4n) is 4.52. The van der Waals surface area contributed by atoms with Gasteiger partial charge in [0.05, 0.1) is 11.9 Å². The van der Waals surface area contributed by atoms with Gasteiger partial charge in [-0.2, -0.15) is 0 Å². The summed E-state index contributed by atoms with van der Waals surface area (Å²) in [5, 5.41) is 2.51. The third-order valence-corrected chi connectivity index (χ3v) is 6.39. The maximum absolute atomic E-state index is 14.6. The molecule has 35 heavy (non-hydrogen) atoms. The fourth-order valence-corrected chi connectivity index (χ4v) is 4.52. The van der Waals surface area contributed by atoms with E-state index in [1.807, 2.05) is 0 Å². The van der Waals surface area contributed by atoms with Gasteiger partial charge in [0.25, 0.3) is 5.92 Å². The van der Waals surface area contributed by atoms with Gasteiger partial charge < -0.3 is 10.5 Å². The summed E-state index contributed by atoms with van der Waals surface area (Å²) in [7, 11) is 1.62. The molecule has 3 amide bonds. The minimum Gasteiger partial charge on any atom is -0.456 e. The summed E-state index contributed by atoms with van der Waals surface area (Å²) in [5.41, 5.74) is 5.04. The number of aliphatic imine (C=N–C) groups is 1. The average molecular weight is 485 g/mol. The molecule has 184 valence electrons. The number of halogens is 2. The molecule has 1 aliphatic carbocycles. The van der Waals surface area contributed by atoms with Crippen molar-refractivity contribution in [3.8, 4) is 11.5 Å². The Kier molecular flexibility index (Phi) is 6.77. The molecule has 1 saturated heterocycles. The van der Waals surface area contributed by atoms with E-state index in [1.54, 1.807) is 37.7 Å². The second-order valence-electron chi connectivity index (χ2n) is 8.50. The summed E-state index contributed by atoms with van der Waals surface area (Å²) in [5.74, 6) is -2.88. The van der Waals surface area contributed by atoms with Crippen molar-refractivity contribution in [2.24, 2.45) is 16.1 Å². The van der Waals surface area contributed by atoms with Gasteiger partial charge in [-0.1, -0.05) is 6.42 Å². The second-order valence-corrected chi connectivity index (χ2v) is 8.50. The molecule has 1 aliphatic heterocycles. The topological polar surface area (TPSA) is 123 Å². The number of nitrogens with zero attached hydrogens (tertiary/aromatic N) is 4. The van der Waals surface area contributed by atoms with E-state index in [0.717, 1.165) is 4.90 Å². The summed E-state index contributed by atoms with van der Waals surface area (Å²) in [6, 6.07) is 5.65. The zero-order valence-electron chi connectivity index (χ0n) is 19.2. The molecule has 9 nitrogen and oxygen atoms in total. The van der Waals surface area contributed by atoms with Crippen LogP contribution in [0.4, 0.5) is 19.4 Å². The van der Waals surface area contributed by atoms with Crippen LogP contribution in [0.5, 0.6) is 11.5 Å². The summed E-state index contributed by atoms with van der Waals surface area (Å²) in [6.07, 6.45) is 6.59. The van der Waals surface area contributed by atoms with Gasteiger partial charge >= 0.3 is 6.03 Å². The van der Waals surface area contributed by atoms with Crippen molar-refractivity contribution >= 4 is 29.5 Å². The van der Waals surface area contributed by atoms with E-state index in [-0.39, 0.29) is 31.6 Å². The first-order chi connectivity index (χ1) is 16.8. The van der Waals surface area contributed by atoms with Gasteiger partial charge in [-0.05, 0) is 37.5 Å². The minimum atomic E-state index is -3.11. The fraction of sp³-hybridized carbons (Fsp3) is 0.375. The van der Waals surface area contributed by atoms with Crippen molar-refractivity contribution in [1.29, 1.82) is 0 Å². The number of likely N-dealkylation sites (tertiary alicyclic amines) is 1. The number of ether oxygens (including phenoxy) is 1. The van der Waals surface area contributed by atoms with Crippen molar-refractivity contribution in [2.45, 2.75) is 38.0 Å². The highest BCUT2D eigenvalue weighted by Crippen LogP contribution is 2.54. The normalized spacial score (nSPS) is 22.1. The SMILES string of the molecule is CN=CC(=CN)c1cc(Oc2ccc(NC(=O)N3CCC4(CCCCC4(F)F)C3=O)nc2)ccn1. The molecule has 2 aromatic rings. The highest BCUT2D eigenvalue weighted by atomic mass is 19.3. The van der Waals surface area contributed by atoms with Crippen molar-refractivity contribution < 1.29 is 23.1 Å². The first-order valence-electron chi connectivity index (χ1n) is 11.2. The van der Waals surface area contributed by atoms with Gasteiger partial charge in [0.1, 0.15) is 22.7 Å². The molecule has 2 fully saturated rings. The minimum absolute atomic E-state index is 0.0362. The Balaban J connectivity index is 1.40. The number of pyridine rings is 2. The second kappa shape index (κ2) is 9.77. The highest BCUT2D eigenvalue weighted by Gasteiger charge is 2.64. The Labute approximate surface area is 201 Å². The lowest BCUT2D eigenvalue weighted by Crippen LogP contribution is -2.51. The van der Waals surface area contributed by atoms with Crippen molar-refractivity contribution in [2.75, 3.05) is 18.9 Å². The Morgan fingerprint density at radius 1 is 1.20 bits per heavy atom. The van der Waals surface area contributed by atoms with Crippen LogP contribution in [0.25, 0.3) is 5.57 Å². The number of allylic oxidation sites excluding steroid dienone is 1. The van der Waals surface area contributed by atoms with Crippen LogP contribution in [0, 0.1) is 5.41 Å². The lowest BCUT2D eigenvalue weighted by Gasteiger charge is -2.39. The third-order valence-electron chi connectivity index (χ3n) is 6.39. The van der Waals surface area contributed by atoms with E-state index < -0.39 is 23.3 Å². The molecule has 0 radical (unpaired) electrons. The predicted molar refractivity (Wildman–Crippen MR) is 126 cm³/mol. The van der Waals surface area contributed by atoms with Crippen LogP contribution in [-0.4, -0.2) is 52.5 Å². The molecular weight excluding hydrogens is 458 g/mol. The van der Waals surface area contributed by atoms with Crippen molar-refractivity contribution in [3.63, 3.8) is 0 Å². The number of anilines is 1. The van der Waals surface area contributed by atoms with Gasteiger partial charge in [-0.15, -0.1) is 0 Å². The molecule has 0 aromatic carbocycles. The van der Waals surface area contributed by atoms with Crippen LogP contribution in [0.15, 0.2) is 47.9 Å². The summed E-state index contributed by atoms with van der Waals surface area (Å²) in [6.45, 7) is -0.0478. The number of nitrogens with two attached hydrogens (primary N) is 1. The zero-order valence-corrected chi connectivity index (χ0v) is 19.2. The Morgan fingerprint density at radius 2 is 2.00 bits per heavy atom. The number of carbonyl (C=O) groups is 2. The van der Waals surface area contributed by atoms with Gasteiger partial charge in [0.2, 0.25) is 5.91 Å². The summed E-state index contributed by atoms with van der Waals surface area (Å²) in [4.78, 5) is 38.7. The standard InChI is InChI=1S/C24H26F2N6O3/c1-28-14-16(13-27)19-12-17(6-10-29-19)35-18-4-5-20(30-15-18)31-22(34)32-11-9-23(21(32)33)7-2-3-8-24(23,25)26/h4-6,10,12-15H,2-3,7-9,11,27H2,1H3,(H,30,31,34). The average Bonchev–Trinajstić information content (AvgIpc) is 3.18. The number of carbonyl (C=O) groups excluding carboxylic acids is 2. The lowest BCUT2D eigenvalue weighted by molar-refractivity contribution is -0.171. The lowest BCUT2D eigenvalue weighted by atomic mass is 9.70. The predicted octanol–water partition coefficient (Wildman–Crippen LogP) is 4.23. The molecule has 3 N–H and O–H groups in total. The summed E-state index contributed by atoms with van der Waals surface area (Å²) >= 11 is 0. The molecule has 0 bridgehead atoms. The number of urea groups is 1. The van der Waals surface area contributed by atoms with Crippen LogP contribution < -0.4 is 15.8 Å².